The van der Waals surface area contributed by atoms with E-state index in [9.17, 15) is 0 Å². The molecule has 140 valence electrons. The lowest BCUT2D eigenvalue weighted by molar-refractivity contribution is 1.01. The molecule has 0 heterocycles. The lowest BCUT2D eigenvalue weighted by Gasteiger charge is -2.21. The van der Waals surface area contributed by atoms with Gasteiger partial charge in [-0.1, -0.05) is 72.8 Å². The van der Waals surface area contributed by atoms with Crippen LogP contribution in [0.1, 0.15) is 22.3 Å². The normalized spacial score (nSPS) is 13.1. The summed E-state index contributed by atoms with van der Waals surface area (Å²) in [5.74, 6) is 0. The fourth-order valence-corrected chi connectivity index (χ4v) is 5.24. The first-order chi connectivity index (χ1) is 14.8. The molecular formula is C30H20. The number of benzene rings is 6. The summed E-state index contributed by atoms with van der Waals surface area (Å²) in [5.41, 5.74) is 5.91. The summed E-state index contributed by atoms with van der Waals surface area (Å²) in [6.07, 6.45) is 2.06. The maximum atomic E-state index is 2.43. The molecule has 0 radical (unpaired) electrons. The molecule has 0 atom stereocenters. The Morgan fingerprint density at radius 3 is 0.967 bits per heavy atom. The first kappa shape index (κ1) is 16.2. The van der Waals surface area contributed by atoms with Gasteiger partial charge in [0.1, 0.15) is 0 Å². The first-order valence-corrected chi connectivity index (χ1v) is 10.7. The quantitative estimate of drug-likeness (QED) is 0.235. The molecule has 0 bridgehead atoms. The highest BCUT2D eigenvalue weighted by Crippen LogP contribution is 2.35. The second-order valence-corrected chi connectivity index (χ2v) is 8.69. The topological polar surface area (TPSA) is 0 Å². The van der Waals surface area contributed by atoms with Crippen molar-refractivity contribution in [3.8, 4) is 0 Å². The third-order valence-corrected chi connectivity index (χ3v) is 6.81. The Morgan fingerprint density at radius 1 is 0.300 bits per heavy atom. The maximum Gasteiger partial charge on any atom is -0.00196 e. The van der Waals surface area contributed by atoms with E-state index in [0.29, 0.717) is 0 Å². The molecule has 0 nitrogen and oxygen atoms in total. The average Bonchev–Trinajstić information content (AvgIpc) is 2.77. The fraction of sp³-hybridized carbons (Fsp3) is 0.0667. The molecule has 0 aromatic heterocycles. The van der Waals surface area contributed by atoms with Gasteiger partial charge in [-0.2, -0.15) is 0 Å². The number of rotatable bonds is 0. The molecule has 0 fully saturated rings. The van der Waals surface area contributed by atoms with Crippen molar-refractivity contribution < 1.29 is 0 Å². The molecule has 0 saturated carbocycles. The molecule has 30 heavy (non-hydrogen) atoms. The summed E-state index contributed by atoms with van der Waals surface area (Å²) >= 11 is 0. The highest BCUT2D eigenvalue weighted by Gasteiger charge is 2.17. The Labute approximate surface area is 175 Å². The molecule has 7 rings (SSSR count). The molecule has 0 amide bonds. The molecule has 0 N–H and O–H groups in total. The van der Waals surface area contributed by atoms with Crippen molar-refractivity contribution in [2.24, 2.45) is 0 Å². The van der Waals surface area contributed by atoms with E-state index in [1.165, 1.54) is 65.3 Å². The van der Waals surface area contributed by atoms with Crippen LogP contribution in [-0.2, 0) is 12.8 Å². The molecule has 6 aromatic rings. The van der Waals surface area contributed by atoms with Crippen molar-refractivity contribution in [3.63, 3.8) is 0 Å². The number of fused-ring (bicyclic) bond motifs is 6. The maximum absolute atomic E-state index is 2.43. The summed E-state index contributed by atoms with van der Waals surface area (Å²) in [5, 5.41) is 10.6. The van der Waals surface area contributed by atoms with Crippen molar-refractivity contribution in [1.82, 2.24) is 0 Å². The van der Waals surface area contributed by atoms with Crippen LogP contribution in [0.3, 0.4) is 0 Å². The zero-order chi connectivity index (χ0) is 19.7. The van der Waals surface area contributed by atoms with E-state index < -0.39 is 0 Å². The highest BCUT2D eigenvalue weighted by molar-refractivity contribution is 6.05. The summed E-state index contributed by atoms with van der Waals surface area (Å²) in [6, 6.07) is 36.4. The molecule has 0 spiro atoms. The van der Waals surface area contributed by atoms with E-state index in [0.717, 1.165) is 12.8 Å². The second-order valence-electron chi connectivity index (χ2n) is 8.69. The predicted octanol–water partition coefficient (Wildman–Crippen LogP) is 7.79. The number of hydrogen-bond acceptors (Lipinski definition) is 0. The highest BCUT2D eigenvalue weighted by atomic mass is 14.2. The van der Waals surface area contributed by atoms with Gasteiger partial charge in [-0.3, -0.25) is 0 Å². The van der Waals surface area contributed by atoms with Gasteiger partial charge in [0, 0.05) is 0 Å². The summed E-state index contributed by atoms with van der Waals surface area (Å²) < 4.78 is 0. The molecular weight excluding hydrogens is 360 g/mol. The van der Waals surface area contributed by atoms with Gasteiger partial charge < -0.3 is 0 Å². The van der Waals surface area contributed by atoms with Gasteiger partial charge in [-0.25, -0.2) is 0 Å². The molecule has 0 aliphatic heterocycles. The lowest BCUT2D eigenvalue weighted by Crippen LogP contribution is -2.07. The van der Waals surface area contributed by atoms with Crippen LogP contribution in [-0.4, -0.2) is 0 Å². The van der Waals surface area contributed by atoms with E-state index >= 15 is 0 Å². The van der Waals surface area contributed by atoms with Crippen molar-refractivity contribution in [3.05, 3.63) is 119 Å². The Bertz CT molecular complexity index is 1510. The Kier molecular flexibility index (Phi) is 3.20. The van der Waals surface area contributed by atoms with Crippen LogP contribution in [0.2, 0.25) is 0 Å². The molecule has 6 aromatic carbocycles. The number of hydrogen-bond donors (Lipinski definition) is 0. The van der Waals surface area contributed by atoms with Gasteiger partial charge in [0.15, 0.2) is 0 Å². The first-order valence-electron chi connectivity index (χ1n) is 10.7. The van der Waals surface area contributed by atoms with Gasteiger partial charge in [-0.05, 0) is 102 Å². The van der Waals surface area contributed by atoms with Gasteiger partial charge in [-0.15, -0.1) is 0 Å². The van der Waals surface area contributed by atoms with Crippen LogP contribution in [0.15, 0.2) is 97.1 Å². The monoisotopic (exact) mass is 380 g/mol. The van der Waals surface area contributed by atoms with E-state index in [1.807, 2.05) is 0 Å². The van der Waals surface area contributed by atoms with E-state index in [-0.39, 0.29) is 0 Å². The molecule has 0 unspecified atom stereocenters. The van der Waals surface area contributed by atoms with Crippen LogP contribution >= 0.6 is 0 Å². The van der Waals surface area contributed by atoms with Crippen LogP contribution < -0.4 is 0 Å². The Balaban J connectivity index is 1.42. The van der Waals surface area contributed by atoms with Crippen LogP contribution in [0.4, 0.5) is 0 Å². The summed E-state index contributed by atoms with van der Waals surface area (Å²) in [6.45, 7) is 0. The zero-order valence-electron chi connectivity index (χ0n) is 16.7. The third-order valence-electron chi connectivity index (χ3n) is 6.81. The second kappa shape index (κ2) is 5.93. The fourth-order valence-electron chi connectivity index (χ4n) is 5.24. The average molecular weight is 380 g/mol. The predicted molar refractivity (Wildman–Crippen MR) is 129 cm³/mol. The van der Waals surface area contributed by atoms with Gasteiger partial charge >= 0.3 is 0 Å². The molecule has 0 saturated heterocycles. The van der Waals surface area contributed by atoms with Gasteiger partial charge in [0.2, 0.25) is 0 Å². The van der Waals surface area contributed by atoms with Gasteiger partial charge in [0.05, 0.1) is 0 Å². The third kappa shape index (κ3) is 2.40. The van der Waals surface area contributed by atoms with E-state index in [1.54, 1.807) is 0 Å². The minimum Gasteiger partial charge on any atom is -0.0616 e. The van der Waals surface area contributed by atoms with Gasteiger partial charge in [0.25, 0.3) is 0 Å². The lowest BCUT2D eigenvalue weighted by atomic mass is 9.83. The Hall–Kier alpha value is -3.64. The zero-order valence-corrected chi connectivity index (χ0v) is 16.7. The van der Waals surface area contributed by atoms with E-state index in [4.69, 9.17) is 0 Å². The van der Waals surface area contributed by atoms with Crippen molar-refractivity contribution in [2.75, 3.05) is 0 Å². The van der Waals surface area contributed by atoms with Crippen LogP contribution in [0, 0.1) is 0 Å². The summed E-state index contributed by atoms with van der Waals surface area (Å²) in [7, 11) is 0. The van der Waals surface area contributed by atoms with Crippen molar-refractivity contribution in [1.29, 1.82) is 0 Å². The summed E-state index contributed by atoms with van der Waals surface area (Å²) in [4.78, 5) is 0. The molecule has 1 aliphatic carbocycles. The van der Waals surface area contributed by atoms with Crippen molar-refractivity contribution in [2.45, 2.75) is 12.8 Å². The van der Waals surface area contributed by atoms with E-state index in [2.05, 4.69) is 97.1 Å². The minimum atomic E-state index is 1.03. The smallest absolute Gasteiger partial charge is 0.00196 e. The van der Waals surface area contributed by atoms with Crippen LogP contribution in [0.25, 0.3) is 43.1 Å². The standard InChI is InChI=1S/C30H20/c1-2-6-20-10-24-14-28-18-30-16-26-12-22-8-4-3-7-21(22)11-25(26)15-29(30)17-27(28)13-23(24)9-19(20)5-1/h1-14,17-18H,15-16H2. The largest absolute Gasteiger partial charge is 0.0616 e. The van der Waals surface area contributed by atoms with Crippen molar-refractivity contribution >= 4 is 43.1 Å². The SMILES string of the molecule is c1ccc2cc3c(cc2c1)Cc1cc2cc4cc5ccccc5cc4cc2cc1C3. The minimum absolute atomic E-state index is 1.03. The Morgan fingerprint density at radius 2 is 0.567 bits per heavy atom. The molecule has 1 aliphatic rings. The molecule has 0 heteroatoms. The van der Waals surface area contributed by atoms with Crippen LogP contribution in [0.5, 0.6) is 0 Å².